The largest absolute Gasteiger partial charge is 0.489 e. The van der Waals surface area contributed by atoms with E-state index in [-0.39, 0.29) is 30.1 Å². The van der Waals surface area contributed by atoms with E-state index in [0.717, 1.165) is 18.1 Å². The number of guanidine groups is 1. The monoisotopic (exact) mass is 539 g/mol. The average molecular weight is 540 g/mol. The molecule has 1 atom stereocenters. The van der Waals surface area contributed by atoms with E-state index >= 15 is 0 Å². The molecular formula is C22H27ClIN5O. The van der Waals surface area contributed by atoms with Gasteiger partial charge in [0, 0.05) is 31.0 Å². The molecule has 1 aromatic heterocycles. The predicted molar refractivity (Wildman–Crippen MR) is 133 cm³/mol. The molecule has 0 saturated heterocycles. The van der Waals surface area contributed by atoms with E-state index in [9.17, 15) is 0 Å². The highest BCUT2D eigenvalue weighted by atomic mass is 127. The summed E-state index contributed by atoms with van der Waals surface area (Å²) in [6.07, 6.45) is 3.77. The molecule has 0 aliphatic rings. The Hall–Kier alpha value is -2.26. The minimum absolute atomic E-state index is 0. The number of aliphatic imine (C=N–C) groups is 1. The molecule has 0 saturated carbocycles. The molecule has 1 unspecified atom stereocenters. The van der Waals surface area contributed by atoms with Crippen molar-refractivity contribution in [2.24, 2.45) is 4.99 Å². The Balaban J connectivity index is 0.00000320. The number of ether oxygens (including phenoxy) is 1. The lowest BCUT2D eigenvalue weighted by molar-refractivity contribution is 0.224. The fraction of sp³-hybridized carbons (Fsp3) is 0.273. The maximum Gasteiger partial charge on any atom is 0.191 e. The van der Waals surface area contributed by atoms with Crippen LogP contribution in [0.1, 0.15) is 18.3 Å². The summed E-state index contributed by atoms with van der Waals surface area (Å²) in [5.41, 5.74) is 1.24. The van der Waals surface area contributed by atoms with Gasteiger partial charge in [-0.25, -0.2) is 4.98 Å². The van der Waals surface area contributed by atoms with Gasteiger partial charge in [0.25, 0.3) is 0 Å². The summed E-state index contributed by atoms with van der Waals surface area (Å²) in [5.74, 6) is 2.43. The number of halogens is 2. The lowest BCUT2D eigenvalue weighted by Gasteiger charge is -2.18. The molecule has 2 aromatic carbocycles. The van der Waals surface area contributed by atoms with Crippen LogP contribution in [-0.4, -0.2) is 35.2 Å². The molecule has 0 fully saturated rings. The van der Waals surface area contributed by atoms with Crippen LogP contribution >= 0.6 is 35.6 Å². The molecule has 0 aliphatic heterocycles. The second kappa shape index (κ2) is 12.4. The van der Waals surface area contributed by atoms with Crippen molar-refractivity contribution in [1.82, 2.24) is 20.2 Å². The van der Waals surface area contributed by atoms with Gasteiger partial charge in [0.1, 0.15) is 17.7 Å². The zero-order chi connectivity index (χ0) is 20.5. The van der Waals surface area contributed by atoms with E-state index in [1.54, 1.807) is 7.05 Å². The Labute approximate surface area is 199 Å². The summed E-state index contributed by atoms with van der Waals surface area (Å²) < 4.78 is 8.01. The number of imidazole rings is 1. The fourth-order valence-corrected chi connectivity index (χ4v) is 2.97. The number of nitrogens with zero attached hydrogens (tertiary/aromatic N) is 3. The quantitative estimate of drug-likeness (QED) is 0.254. The first kappa shape index (κ1) is 24.0. The number of aromatic nitrogens is 2. The van der Waals surface area contributed by atoms with Gasteiger partial charge in [-0.1, -0.05) is 41.9 Å². The number of benzene rings is 2. The van der Waals surface area contributed by atoms with E-state index < -0.39 is 0 Å². The highest BCUT2D eigenvalue weighted by Gasteiger charge is 2.08. The van der Waals surface area contributed by atoms with Crippen LogP contribution < -0.4 is 15.4 Å². The molecule has 0 radical (unpaired) electrons. The summed E-state index contributed by atoms with van der Waals surface area (Å²) in [7, 11) is 1.75. The zero-order valence-electron chi connectivity index (χ0n) is 17.1. The third-order valence-corrected chi connectivity index (χ3v) is 4.59. The molecule has 3 rings (SSSR count). The first-order valence-electron chi connectivity index (χ1n) is 9.54. The molecule has 160 valence electrons. The molecule has 2 N–H and O–H groups in total. The van der Waals surface area contributed by atoms with Crippen LogP contribution in [0.3, 0.4) is 0 Å². The average Bonchev–Trinajstić information content (AvgIpc) is 3.17. The SMILES string of the molecule is CN=C(NCc1nccn1Cc1ccccc1)NCC(C)Oc1ccc(Cl)cc1.I. The van der Waals surface area contributed by atoms with Crippen molar-refractivity contribution in [2.45, 2.75) is 26.1 Å². The number of rotatable bonds is 8. The van der Waals surface area contributed by atoms with E-state index in [4.69, 9.17) is 16.3 Å². The molecule has 0 bridgehead atoms. The van der Waals surface area contributed by atoms with Gasteiger partial charge in [-0.3, -0.25) is 4.99 Å². The van der Waals surface area contributed by atoms with Crippen molar-refractivity contribution in [3.8, 4) is 5.75 Å². The normalized spacial score (nSPS) is 12.0. The van der Waals surface area contributed by atoms with Crippen LogP contribution in [0, 0.1) is 0 Å². The van der Waals surface area contributed by atoms with Crippen LogP contribution in [0.2, 0.25) is 5.02 Å². The van der Waals surface area contributed by atoms with E-state index in [1.165, 1.54) is 5.56 Å². The van der Waals surface area contributed by atoms with Crippen LogP contribution in [-0.2, 0) is 13.1 Å². The second-order valence-electron chi connectivity index (χ2n) is 6.65. The Morgan fingerprint density at radius 3 is 2.57 bits per heavy atom. The number of hydrogen-bond acceptors (Lipinski definition) is 3. The summed E-state index contributed by atoms with van der Waals surface area (Å²) in [6.45, 7) is 3.98. The lowest BCUT2D eigenvalue weighted by atomic mass is 10.2. The van der Waals surface area contributed by atoms with Crippen LogP contribution in [0.5, 0.6) is 5.75 Å². The van der Waals surface area contributed by atoms with Crippen LogP contribution in [0.15, 0.2) is 72.0 Å². The molecule has 6 nitrogen and oxygen atoms in total. The standard InChI is InChI=1S/C22H26ClN5O.HI/c1-17(29-20-10-8-19(23)9-11-20)14-26-22(24-2)27-15-21-25-12-13-28(21)16-18-6-4-3-5-7-18;/h3-13,17H,14-16H2,1-2H3,(H2,24,26,27);1H. The van der Waals surface area contributed by atoms with Crippen molar-refractivity contribution in [3.05, 3.63) is 83.4 Å². The van der Waals surface area contributed by atoms with E-state index in [1.807, 2.05) is 61.8 Å². The Kier molecular flexibility index (Phi) is 9.96. The van der Waals surface area contributed by atoms with Crippen LogP contribution in [0.25, 0.3) is 0 Å². The third-order valence-electron chi connectivity index (χ3n) is 4.34. The Morgan fingerprint density at radius 1 is 1.13 bits per heavy atom. The molecule has 8 heteroatoms. The van der Waals surface area contributed by atoms with Crippen molar-refractivity contribution in [3.63, 3.8) is 0 Å². The van der Waals surface area contributed by atoms with Crippen molar-refractivity contribution in [1.29, 1.82) is 0 Å². The first-order valence-corrected chi connectivity index (χ1v) is 9.92. The van der Waals surface area contributed by atoms with Gasteiger partial charge in [0.05, 0.1) is 13.1 Å². The third kappa shape index (κ3) is 7.53. The summed E-state index contributed by atoms with van der Waals surface area (Å²) in [6, 6.07) is 17.7. The summed E-state index contributed by atoms with van der Waals surface area (Å²) >= 11 is 5.90. The highest BCUT2D eigenvalue weighted by molar-refractivity contribution is 14.0. The molecule has 0 amide bonds. The lowest BCUT2D eigenvalue weighted by Crippen LogP contribution is -2.41. The number of nitrogens with one attached hydrogen (secondary N) is 2. The molecular weight excluding hydrogens is 513 g/mol. The summed E-state index contributed by atoms with van der Waals surface area (Å²) in [5, 5.41) is 7.28. The van der Waals surface area contributed by atoms with Gasteiger partial charge in [-0.2, -0.15) is 0 Å². The van der Waals surface area contributed by atoms with E-state index in [2.05, 4.69) is 37.3 Å². The molecule has 0 spiro atoms. The van der Waals surface area contributed by atoms with Crippen molar-refractivity contribution in [2.75, 3.05) is 13.6 Å². The maximum atomic E-state index is 5.90. The highest BCUT2D eigenvalue weighted by Crippen LogP contribution is 2.16. The fourth-order valence-electron chi connectivity index (χ4n) is 2.84. The Morgan fingerprint density at radius 2 is 1.87 bits per heavy atom. The van der Waals surface area contributed by atoms with Gasteiger partial charge in [-0.15, -0.1) is 24.0 Å². The summed E-state index contributed by atoms with van der Waals surface area (Å²) in [4.78, 5) is 8.74. The van der Waals surface area contributed by atoms with Crippen molar-refractivity contribution >= 4 is 41.5 Å². The molecule has 30 heavy (non-hydrogen) atoms. The predicted octanol–water partition coefficient (Wildman–Crippen LogP) is 4.34. The number of hydrogen-bond donors (Lipinski definition) is 2. The van der Waals surface area contributed by atoms with Gasteiger partial charge in [-0.05, 0) is 36.8 Å². The smallest absolute Gasteiger partial charge is 0.191 e. The molecule has 3 aromatic rings. The van der Waals surface area contributed by atoms with Gasteiger partial charge < -0.3 is 19.9 Å². The van der Waals surface area contributed by atoms with Gasteiger partial charge >= 0.3 is 0 Å². The minimum Gasteiger partial charge on any atom is -0.489 e. The topological polar surface area (TPSA) is 63.5 Å². The molecule has 0 aliphatic carbocycles. The van der Waals surface area contributed by atoms with E-state index in [0.29, 0.717) is 24.1 Å². The first-order chi connectivity index (χ1) is 14.1. The van der Waals surface area contributed by atoms with Gasteiger partial charge in [0.2, 0.25) is 0 Å². The minimum atomic E-state index is -0.0326. The van der Waals surface area contributed by atoms with Crippen molar-refractivity contribution < 1.29 is 4.74 Å². The van der Waals surface area contributed by atoms with Crippen LogP contribution in [0.4, 0.5) is 0 Å². The Bertz CT molecular complexity index is 915. The zero-order valence-corrected chi connectivity index (χ0v) is 20.2. The van der Waals surface area contributed by atoms with Gasteiger partial charge in [0.15, 0.2) is 5.96 Å². The maximum absolute atomic E-state index is 5.90. The molecule has 1 heterocycles. The second-order valence-corrected chi connectivity index (χ2v) is 7.08.